The number of para-hydroxylation sites is 1. The third-order valence-electron chi connectivity index (χ3n) is 6.34. The molecule has 1 unspecified atom stereocenters. The fraction of sp³-hybridized carbons (Fsp3) is 0.516. The summed E-state index contributed by atoms with van der Waals surface area (Å²) < 4.78 is 10.5. The lowest BCUT2D eigenvalue weighted by Gasteiger charge is -2.32. The minimum absolute atomic E-state index is 0.0572. The molecule has 40 heavy (non-hydrogen) atoms. The molecule has 0 saturated heterocycles. The first-order valence-electron chi connectivity index (χ1n) is 14.0. The van der Waals surface area contributed by atoms with Crippen LogP contribution in [0.5, 0.6) is 11.5 Å². The number of aromatic hydroxyl groups is 1. The van der Waals surface area contributed by atoms with Gasteiger partial charge in [-0.25, -0.2) is 4.79 Å². The molecule has 0 spiro atoms. The lowest BCUT2D eigenvalue weighted by atomic mass is 9.99. The van der Waals surface area contributed by atoms with Gasteiger partial charge < -0.3 is 30.1 Å². The zero-order valence-corrected chi connectivity index (χ0v) is 24.7. The number of unbranched alkanes of at least 4 members (excludes halogenated alkanes) is 5. The van der Waals surface area contributed by atoms with Gasteiger partial charge in [-0.05, 0) is 63.9 Å². The SMILES string of the molecule is CCCCCCCCN(C(=O)CNC(=O)OC(C)(C)C)C(C(=O)Nc1ccc(OC)cc1)c1cccc(C)c1O. The summed E-state index contributed by atoms with van der Waals surface area (Å²) in [4.78, 5) is 41.1. The van der Waals surface area contributed by atoms with Gasteiger partial charge in [0, 0.05) is 17.8 Å². The Morgan fingerprint density at radius 3 is 2.25 bits per heavy atom. The van der Waals surface area contributed by atoms with Crippen molar-refractivity contribution in [3.05, 3.63) is 53.6 Å². The van der Waals surface area contributed by atoms with Crippen molar-refractivity contribution in [1.29, 1.82) is 0 Å². The van der Waals surface area contributed by atoms with E-state index in [1.807, 2.05) is 0 Å². The number of alkyl carbamates (subject to hydrolysis) is 1. The molecule has 220 valence electrons. The van der Waals surface area contributed by atoms with E-state index < -0.39 is 29.6 Å². The number of hydrogen-bond acceptors (Lipinski definition) is 6. The summed E-state index contributed by atoms with van der Waals surface area (Å²) in [5.41, 5.74) is 0.683. The van der Waals surface area contributed by atoms with Crippen molar-refractivity contribution >= 4 is 23.6 Å². The van der Waals surface area contributed by atoms with Crippen molar-refractivity contribution in [1.82, 2.24) is 10.2 Å². The Morgan fingerprint density at radius 2 is 1.62 bits per heavy atom. The summed E-state index contributed by atoms with van der Waals surface area (Å²) in [5.74, 6) is -0.366. The monoisotopic (exact) mass is 555 g/mol. The highest BCUT2D eigenvalue weighted by Gasteiger charge is 2.34. The van der Waals surface area contributed by atoms with Gasteiger partial charge in [0.05, 0.1) is 7.11 Å². The zero-order valence-electron chi connectivity index (χ0n) is 24.7. The average molecular weight is 556 g/mol. The van der Waals surface area contributed by atoms with Gasteiger partial charge in [0.1, 0.15) is 29.7 Å². The lowest BCUT2D eigenvalue weighted by Crippen LogP contribution is -2.47. The molecule has 9 heteroatoms. The molecule has 9 nitrogen and oxygen atoms in total. The molecule has 3 amide bonds. The number of hydrogen-bond donors (Lipinski definition) is 3. The summed E-state index contributed by atoms with van der Waals surface area (Å²) in [7, 11) is 1.56. The van der Waals surface area contributed by atoms with Crippen molar-refractivity contribution in [2.24, 2.45) is 0 Å². The van der Waals surface area contributed by atoms with E-state index in [1.165, 1.54) is 4.90 Å². The topological polar surface area (TPSA) is 117 Å². The highest BCUT2D eigenvalue weighted by molar-refractivity contribution is 5.98. The number of rotatable bonds is 14. The van der Waals surface area contributed by atoms with Crippen LogP contribution < -0.4 is 15.4 Å². The molecule has 2 aromatic carbocycles. The van der Waals surface area contributed by atoms with Crippen molar-refractivity contribution in [2.75, 3.05) is 25.5 Å². The second-order valence-corrected chi connectivity index (χ2v) is 10.8. The zero-order chi connectivity index (χ0) is 29.7. The number of anilines is 1. The minimum Gasteiger partial charge on any atom is -0.507 e. The van der Waals surface area contributed by atoms with Gasteiger partial charge in [0.2, 0.25) is 5.91 Å². The molecule has 0 radical (unpaired) electrons. The van der Waals surface area contributed by atoms with Crippen molar-refractivity contribution in [2.45, 2.75) is 84.8 Å². The van der Waals surface area contributed by atoms with E-state index in [0.29, 0.717) is 29.0 Å². The van der Waals surface area contributed by atoms with Gasteiger partial charge >= 0.3 is 6.09 Å². The molecule has 0 aromatic heterocycles. The Balaban J connectivity index is 2.38. The van der Waals surface area contributed by atoms with Crippen LogP contribution in [0.4, 0.5) is 10.5 Å². The molecular weight excluding hydrogens is 510 g/mol. The smallest absolute Gasteiger partial charge is 0.408 e. The first-order chi connectivity index (χ1) is 19.0. The predicted molar refractivity (Wildman–Crippen MR) is 157 cm³/mol. The third-order valence-corrected chi connectivity index (χ3v) is 6.34. The van der Waals surface area contributed by atoms with E-state index in [-0.39, 0.29) is 18.8 Å². The van der Waals surface area contributed by atoms with E-state index in [9.17, 15) is 19.5 Å². The number of methoxy groups -OCH3 is 1. The van der Waals surface area contributed by atoms with Gasteiger partial charge in [0.25, 0.3) is 5.91 Å². The highest BCUT2D eigenvalue weighted by atomic mass is 16.6. The highest BCUT2D eigenvalue weighted by Crippen LogP contribution is 2.33. The number of nitrogens with one attached hydrogen (secondary N) is 2. The Hall–Kier alpha value is -3.75. The van der Waals surface area contributed by atoms with Crippen LogP contribution in [0.2, 0.25) is 0 Å². The number of carbonyl (C=O) groups is 3. The molecule has 0 aliphatic rings. The lowest BCUT2D eigenvalue weighted by molar-refractivity contribution is -0.138. The number of phenolic OH excluding ortho intramolecular Hbond substituents is 1. The summed E-state index contributed by atoms with van der Waals surface area (Å²) in [6, 6.07) is 10.8. The van der Waals surface area contributed by atoms with Crippen LogP contribution >= 0.6 is 0 Å². The summed E-state index contributed by atoms with van der Waals surface area (Å²) >= 11 is 0. The van der Waals surface area contributed by atoms with Crippen LogP contribution in [0.1, 0.15) is 83.4 Å². The van der Waals surface area contributed by atoms with Gasteiger partial charge in [-0.2, -0.15) is 0 Å². The Kier molecular flexibility index (Phi) is 12.8. The number of benzene rings is 2. The van der Waals surface area contributed by atoms with Crippen molar-refractivity contribution in [3.63, 3.8) is 0 Å². The van der Waals surface area contributed by atoms with E-state index in [2.05, 4.69) is 17.6 Å². The molecule has 0 bridgehead atoms. The molecule has 0 fully saturated rings. The Labute approximate surface area is 238 Å². The summed E-state index contributed by atoms with van der Waals surface area (Å²) in [6.45, 7) is 9.01. The Morgan fingerprint density at radius 1 is 0.975 bits per heavy atom. The second kappa shape index (κ2) is 15.7. The molecule has 0 aliphatic heterocycles. The van der Waals surface area contributed by atoms with Crippen LogP contribution in [-0.4, -0.2) is 53.7 Å². The predicted octanol–water partition coefficient (Wildman–Crippen LogP) is 6.10. The summed E-state index contributed by atoms with van der Waals surface area (Å²) in [5, 5.41) is 16.4. The molecular formula is C31H45N3O6. The normalized spacial score (nSPS) is 11.8. The van der Waals surface area contributed by atoms with E-state index in [4.69, 9.17) is 9.47 Å². The summed E-state index contributed by atoms with van der Waals surface area (Å²) in [6.07, 6.45) is 5.22. The van der Waals surface area contributed by atoms with Crippen LogP contribution in [-0.2, 0) is 14.3 Å². The van der Waals surface area contributed by atoms with Crippen LogP contribution in [0.3, 0.4) is 0 Å². The number of amides is 3. The Bertz CT molecular complexity index is 1110. The van der Waals surface area contributed by atoms with Gasteiger partial charge in [-0.15, -0.1) is 0 Å². The molecule has 0 saturated carbocycles. The van der Waals surface area contributed by atoms with E-state index in [1.54, 1.807) is 77.3 Å². The van der Waals surface area contributed by atoms with Gasteiger partial charge in [-0.3, -0.25) is 9.59 Å². The van der Waals surface area contributed by atoms with Gasteiger partial charge in [0.15, 0.2) is 0 Å². The van der Waals surface area contributed by atoms with Crippen molar-refractivity contribution < 1.29 is 29.0 Å². The van der Waals surface area contributed by atoms with E-state index >= 15 is 0 Å². The fourth-order valence-electron chi connectivity index (χ4n) is 4.26. The third kappa shape index (κ3) is 10.4. The first kappa shape index (κ1) is 32.5. The van der Waals surface area contributed by atoms with Crippen LogP contribution in [0.25, 0.3) is 0 Å². The molecule has 2 aromatic rings. The number of carbonyl (C=O) groups excluding carboxylic acids is 3. The first-order valence-corrected chi connectivity index (χ1v) is 14.0. The van der Waals surface area contributed by atoms with Crippen LogP contribution in [0, 0.1) is 6.92 Å². The number of phenols is 1. The number of nitrogens with zero attached hydrogens (tertiary/aromatic N) is 1. The standard InChI is InChI=1S/C31H45N3O6/c1-7-8-9-10-11-12-20-34(26(35)21-32-30(38)40-31(3,4)5)27(25-15-13-14-22(2)28(25)36)29(37)33-23-16-18-24(39-6)19-17-23/h13-19,27,36H,7-12,20-21H2,1-6H3,(H,32,38)(H,33,37). The molecule has 0 heterocycles. The minimum atomic E-state index is -1.13. The molecule has 3 N–H and O–H groups in total. The van der Waals surface area contributed by atoms with Crippen molar-refractivity contribution in [3.8, 4) is 11.5 Å². The largest absolute Gasteiger partial charge is 0.507 e. The maximum Gasteiger partial charge on any atom is 0.408 e. The van der Waals surface area contributed by atoms with Crippen LogP contribution in [0.15, 0.2) is 42.5 Å². The average Bonchev–Trinajstić information content (AvgIpc) is 2.90. The van der Waals surface area contributed by atoms with E-state index in [0.717, 1.165) is 32.1 Å². The second-order valence-electron chi connectivity index (χ2n) is 10.8. The maximum atomic E-state index is 13.8. The maximum absolute atomic E-state index is 13.8. The fourth-order valence-corrected chi connectivity index (χ4v) is 4.26. The quantitative estimate of drug-likeness (QED) is 0.242. The molecule has 0 aliphatic carbocycles. The molecule has 2 rings (SSSR count). The number of ether oxygens (including phenoxy) is 2. The van der Waals surface area contributed by atoms with Gasteiger partial charge in [-0.1, -0.05) is 57.2 Å². The molecule has 1 atom stereocenters. The number of aryl methyl sites for hydroxylation is 1.